The van der Waals surface area contributed by atoms with E-state index >= 15 is 0 Å². The van der Waals surface area contributed by atoms with E-state index in [-0.39, 0.29) is 12.3 Å². The van der Waals surface area contributed by atoms with Crippen LogP contribution in [0.3, 0.4) is 0 Å². The molecule has 0 aliphatic heterocycles. The maximum absolute atomic E-state index is 12.1. The van der Waals surface area contributed by atoms with Crippen molar-refractivity contribution in [2.75, 3.05) is 14.2 Å². The number of nitrogens with one attached hydrogen (secondary N) is 1. The van der Waals surface area contributed by atoms with Crippen molar-refractivity contribution < 1.29 is 18.7 Å². The lowest BCUT2D eigenvalue weighted by Gasteiger charge is -2.10. The first-order valence-corrected chi connectivity index (χ1v) is 8.99. The number of methoxy groups -OCH3 is 2. The molecule has 0 saturated heterocycles. The van der Waals surface area contributed by atoms with E-state index in [2.05, 4.69) is 15.5 Å². The molecule has 0 saturated carbocycles. The molecule has 0 aliphatic rings. The quantitative estimate of drug-likeness (QED) is 0.613. The van der Waals surface area contributed by atoms with Gasteiger partial charge in [0.1, 0.15) is 5.75 Å². The fraction of sp³-hybridized carbons (Fsp3) is 0.286. The number of amides is 1. The Balaban J connectivity index is 1.50. The Labute approximate surface area is 163 Å². The summed E-state index contributed by atoms with van der Waals surface area (Å²) in [5.74, 6) is 1.49. The molecule has 1 heterocycles. The van der Waals surface area contributed by atoms with Crippen LogP contribution in [-0.4, -0.2) is 30.3 Å². The minimum Gasteiger partial charge on any atom is -0.497 e. The molecule has 7 heteroatoms. The van der Waals surface area contributed by atoms with Crippen LogP contribution in [-0.2, 0) is 22.5 Å². The molecule has 1 amide bonds. The predicted molar refractivity (Wildman–Crippen MR) is 103 cm³/mol. The third-order valence-electron chi connectivity index (χ3n) is 4.26. The van der Waals surface area contributed by atoms with Gasteiger partial charge in [0.05, 0.1) is 7.11 Å². The van der Waals surface area contributed by atoms with E-state index in [1.54, 1.807) is 14.2 Å². The van der Waals surface area contributed by atoms with Gasteiger partial charge in [0.25, 0.3) is 0 Å². The molecule has 1 atom stereocenters. The third-order valence-corrected chi connectivity index (χ3v) is 4.26. The van der Waals surface area contributed by atoms with Gasteiger partial charge in [-0.3, -0.25) is 4.79 Å². The normalized spacial score (nSPS) is 11.8. The number of rotatable bonds is 9. The SMILES string of the molecule is COc1ccc(CNC(=O)CCc2nnc([C@H](OC)c3ccccc3)o2)cc1. The zero-order chi connectivity index (χ0) is 19.8. The van der Waals surface area contributed by atoms with Crippen LogP contribution in [0.1, 0.15) is 35.4 Å². The average Bonchev–Trinajstić information content (AvgIpc) is 3.21. The number of hydrogen-bond acceptors (Lipinski definition) is 6. The van der Waals surface area contributed by atoms with Crippen LogP contribution in [0.15, 0.2) is 59.0 Å². The van der Waals surface area contributed by atoms with Gasteiger partial charge < -0.3 is 19.2 Å². The summed E-state index contributed by atoms with van der Waals surface area (Å²) in [6.07, 6.45) is 0.208. The van der Waals surface area contributed by atoms with Crippen LogP contribution in [0.25, 0.3) is 0 Å². The summed E-state index contributed by atoms with van der Waals surface area (Å²) in [4.78, 5) is 12.1. The van der Waals surface area contributed by atoms with Crippen LogP contribution in [0.5, 0.6) is 5.75 Å². The minimum absolute atomic E-state index is 0.0816. The summed E-state index contributed by atoms with van der Waals surface area (Å²) in [5.41, 5.74) is 1.93. The lowest BCUT2D eigenvalue weighted by atomic mass is 10.1. The van der Waals surface area contributed by atoms with Crippen LogP contribution < -0.4 is 10.1 Å². The molecule has 0 unspecified atom stereocenters. The molecule has 0 spiro atoms. The van der Waals surface area contributed by atoms with Crippen LogP contribution in [0.4, 0.5) is 0 Å². The number of carbonyl (C=O) groups excluding carboxylic acids is 1. The van der Waals surface area contributed by atoms with Crippen molar-refractivity contribution >= 4 is 5.91 Å². The van der Waals surface area contributed by atoms with E-state index in [1.165, 1.54) is 0 Å². The highest BCUT2D eigenvalue weighted by Crippen LogP contribution is 2.24. The number of aromatic nitrogens is 2. The summed E-state index contributed by atoms with van der Waals surface area (Å²) >= 11 is 0. The van der Waals surface area contributed by atoms with Gasteiger partial charge >= 0.3 is 0 Å². The zero-order valence-corrected chi connectivity index (χ0v) is 15.9. The second-order valence-electron chi connectivity index (χ2n) is 6.19. The monoisotopic (exact) mass is 381 g/mol. The van der Waals surface area contributed by atoms with Crippen molar-refractivity contribution in [3.05, 3.63) is 77.5 Å². The number of carbonyl (C=O) groups is 1. The van der Waals surface area contributed by atoms with E-state index < -0.39 is 6.10 Å². The van der Waals surface area contributed by atoms with Crippen LogP contribution in [0, 0.1) is 0 Å². The zero-order valence-electron chi connectivity index (χ0n) is 15.9. The van der Waals surface area contributed by atoms with Gasteiger partial charge in [-0.1, -0.05) is 42.5 Å². The molecule has 3 rings (SSSR count). The van der Waals surface area contributed by atoms with Crippen molar-refractivity contribution in [3.8, 4) is 5.75 Å². The van der Waals surface area contributed by atoms with Gasteiger partial charge in [-0.25, -0.2) is 0 Å². The Morgan fingerprint density at radius 1 is 1.07 bits per heavy atom. The second-order valence-corrected chi connectivity index (χ2v) is 6.19. The van der Waals surface area contributed by atoms with Crippen molar-refractivity contribution in [3.63, 3.8) is 0 Å². The van der Waals surface area contributed by atoms with Crippen LogP contribution >= 0.6 is 0 Å². The van der Waals surface area contributed by atoms with E-state index in [4.69, 9.17) is 13.9 Å². The second kappa shape index (κ2) is 9.66. The molecule has 0 bridgehead atoms. The number of hydrogen-bond donors (Lipinski definition) is 1. The summed E-state index contributed by atoms with van der Waals surface area (Å²) in [6.45, 7) is 0.456. The topological polar surface area (TPSA) is 86.5 Å². The van der Waals surface area contributed by atoms with Crippen molar-refractivity contribution in [1.82, 2.24) is 15.5 Å². The lowest BCUT2D eigenvalue weighted by molar-refractivity contribution is -0.121. The lowest BCUT2D eigenvalue weighted by Crippen LogP contribution is -2.23. The van der Waals surface area contributed by atoms with Gasteiger partial charge in [-0.15, -0.1) is 10.2 Å². The number of benzene rings is 2. The third kappa shape index (κ3) is 5.17. The van der Waals surface area contributed by atoms with Gasteiger partial charge in [0, 0.05) is 26.5 Å². The number of ether oxygens (including phenoxy) is 2. The van der Waals surface area contributed by atoms with Gasteiger partial charge in [-0.2, -0.15) is 0 Å². The molecule has 1 N–H and O–H groups in total. The predicted octanol–water partition coefficient (Wildman–Crippen LogP) is 3.06. The highest BCUT2D eigenvalue weighted by atomic mass is 16.5. The van der Waals surface area contributed by atoms with Crippen molar-refractivity contribution in [2.24, 2.45) is 0 Å². The largest absolute Gasteiger partial charge is 0.497 e. The fourth-order valence-corrected chi connectivity index (χ4v) is 2.73. The summed E-state index contributed by atoms with van der Waals surface area (Å²) in [7, 11) is 3.21. The molecule has 28 heavy (non-hydrogen) atoms. The molecule has 3 aromatic rings. The van der Waals surface area contributed by atoms with Gasteiger partial charge in [0.15, 0.2) is 6.10 Å². The maximum atomic E-state index is 12.1. The summed E-state index contributed by atoms with van der Waals surface area (Å²) < 4.78 is 16.3. The van der Waals surface area contributed by atoms with E-state index in [9.17, 15) is 4.79 Å². The first-order chi connectivity index (χ1) is 13.7. The van der Waals surface area contributed by atoms with Crippen molar-refractivity contribution in [1.29, 1.82) is 0 Å². The number of nitrogens with zero attached hydrogens (tertiary/aromatic N) is 2. The molecule has 1 aromatic heterocycles. The van der Waals surface area contributed by atoms with E-state index in [0.29, 0.717) is 24.7 Å². The summed E-state index contributed by atoms with van der Waals surface area (Å²) in [5, 5.41) is 11.0. The average molecular weight is 381 g/mol. The van der Waals surface area contributed by atoms with Crippen LogP contribution in [0.2, 0.25) is 0 Å². The highest BCUT2D eigenvalue weighted by molar-refractivity contribution is 5.76. The molecule has 0 radical (unpaired) electrons. The van der Waals surface area contributed by atoms with E-state index in [0.717, 1.165) is 16.9 Å². The highest BCUT2D eigenvalue weighted by Gasteiger charge is 2.20. The van der Waals surface area contributed by atoms with Gasteiger partial charge in [-0.05, 0) is 23.3 Å². The number of aryl methyl sites for hydroxylation is 1. The Kier molecular flexibility index (Phi) is 6.75. The molecule has 7 nitrogen and oxygen atoms in total. The fourth-order valence-electron chi connectivity index (χ4n) is 2.73. The van der Waals surface area contributed by atoms with Gasteiger partial charge in [0.2, 0.25) is 17.7 Å². The Hall–Kier alpha value is -3.19. The Morgan fingerprint density at radius 3 is 2.50 bits per heavy atom. The molecule has 146 valence electrons. The summed E-state index contributed by atoms with van der Waals surface area (Å²) in [6, 6.07) is 17.2. The van der Waals surface area contributed by atoms with E-state index in [1.807, 2.05) is 54.6 Å². The Bertz CT molecular complexity index is 878. The molecular weight excluding hydrogens is 358 g/mol. The smallest absolute Gasteiger partial charge is 0.249 e. The molecular formula is C21H23N3O4. The molecule has 0 aliphatic carbocycles. The first kappa shape index (κ1) is 19.6. The van der Waals surface area contributed by atoms with Crippen molar-refractivity contribution in [2.45, 2.75) is 25.5 Å². The Morgan fingerprint density at radius 2 is 1.82 bits per heavy atom. The minimum atomic E-state index is -0.425. The molecule has 2 aromatic carbocycles. The molecule has 0 fully saturated rings. The standard InChI is InChI=1S/C21H23N3O4/c1-26-17-10-8-15(9-11-17)14-22-18(25)12-13-19-23-24-21(28-19)20(27-2)16-6-4-3-5-7-16/h3-11,20H,12-14H2,1-2H3,(H,22,25)/t20-/m1/s1. The first-order valence-electron chi connectivity index (χ1n) is 8.99. The maximum Gasteiger partial charge on any atom is 0.249 e.